The zero-order chi connectivity index (χ0) is 17.2. The largest absolute Gasteiger partial charge is 0.373 e. The lowest BCUT2D eigenvalue weighted by molar-refractivity contribution is -0.0461. The second-order valence-corrected chi connectivity index (χ2v) is 7.40. The number of ether oxygens (including phenoxy) is 1. The van der Waals surface area contributed by atoms with Gasteiger partial charge in [0, 0.05) is 51.5 Å². The molecule has 0 radical (unpaired) electrons. The van der Waals surface area contributed by atoms with Crippen LogP contribution >= 0.6 is 0 Å². The van der Waals surface area contributed by atoms with Crippen LogP contribution in [0.1, 0.15) is 18.4 Å². The quantitative estimate of drug-likeness (QED) is 0.884. The SMILES string of the molecule is CN1CCN(C(=O)NC[C@@H]2CN3CCC[C@H]3CO2)Cc2ccccc21. The summed E-state index contributed by atoms with van der Waals surface area (Å²) in [7, 11) is 2.09. The third-order valence-electron chi connectivity index (χ3n) is 5.70. The predicted molar refractivity (Wildman–Crippen MR) is 97.9 cm³/mol. The Morgan fingerprint density at radius 3 is 3.08 bits per heavy atom. The molecule has 4 rings (SSSR count). The number of amides is 2. The van der Waals surface area contributed by atoms with Gasteiger partial charge in [0.1, 0.15) is 0 Å². The van der Waals surface area contributed by atoms with E-state index in [1.165, 1.54) is 30.6 Å². The van der Waals surface area contributed by atoms with Gasteiger partial charge in [0.15, 0.2) is 0 Å². The molecule has 136 valence electrons. The van der Waals surface area contributed by atoms with Crippen molar-refractivity contribution < 1.29 is 9.53 Å². The van der Waals surface area contributed by atoms with E-state index in [9.17, 15) is 4.79 Å². The highest BCUT2D eigenvalue weighted by molar-refractivity contribution is 5.75. The summed E-state index contributed by atoms with van der Waals surface area (Å²) in [5, 5.41) is 3.09. The first-order chi connectivity index (χ1) is 12.2. The lowest BCUT2D eigenvalue weighted by atomic mass is 10.1. The number of urea groups is 1. The van der Waals surface area contributed by atoms with Gasteiger partial charge in [-0.3, -0.25) is 4.90 Å². The topological polar surface area (TPSA) is 48.0 Å². The van der Waals surface area contributed by atoms with E-state index >= 15 is 0 Å². The summed E-state index contributed by atoms with van der Waals surface area (Å²) in [6.45, 7) is 5.76. The minimum absolute atomic E-state index is 0.0113. The molecule has 6 nitrogen and oxygen atoms in total. The molecule has 0 saturated carbocycles. The minimum Gasteiger partial charge on any atom is -0.373 e. The number of nitrogens with zero attached hydrogens (tertiary/aromatic N) is 3. The third-order valence-corrected chi connectivity index (χ3v) is 5.70. The molecule has 0 spiro atoms. The highest BCUT2D eigenvalue weighted by atomic mass is 16.5. The first kappa shape index (κ1) is 16.7. The van der Waals surface area contributed by atoms with Crippen molar-refractivity contribution in [2.75, 3.05) is 51.3 Å². The molecular formula is C19H28N4O2. The molecule has 0 aromatic heterocycles. The number of hydrogen-bond acceptors (Lipinski definition) is 4. The molecule has 0 bridgehead atoms. The standard InChI is InChI=1S/C19H28N4O2/c1-21-9-10-23(12-15-5-2-3-7-18(15)21)19(24)20-11-17-13-22-8-4-6-16(22)14-25-17/h2-3,5,7,16-17H,4,6,8-14H2,1H3,(H,20,24)/t16-,17+/m0/s1. The van der Waals surface area contributed by atoms with Gasteiger partial charge in [0.05, 0.1) is 12.7 Å². The summed E-state index contributed by atoms with van der Waals surface area (Å²) in [5.74, 6) is 0. The maximum absolute atomic E-state index is 12.7. The van der Waals surface area contributed by atoms with Crippen LogP contribution in [0.5, 0.6) is 0 Å². The maximum atomic E-state index is 12.7. The number of hydrogen-bond donors (Lipinski definition) is 1. The van der Waals surface area contributed by atoms with Gasteiger partial charge in [-0.25, -0.2) is 4.79 Å². The Morgan fingerprint density at radius 1 is 1.28 bits per heavy atom. The molecule has 3 heterocycles. The predicted octanol–water partition coefficient (Wildman–Crippen LogP) is 1.51. The van der Waals surface area contributed by atoms with E-state index in [4.69, 9.17) is 4.74 Å². The summed E-state index contributed by atoms with van der Waals surface area (Å²) in [4.78, 5) is 19.3. The Balaban J connectivity index is 1.32. The average Bonchev–Trinajstić information content (AvgIpc) is 3.04. The first-order valence-electron chi connectivity index (χ1n) is 9.38. The monoisotopic (exact) mass is 344 g/mol. The first-order valence-corrected chi connectivity index (χ1v) is 9.38. The van der Waals surface area contributed by atoms with Gasteiger partial charge in [-0.1, -0.05) is 18.2 Å². The number of carbonyl (C=O) groups is 1. The maximum Gasteiger partial charge on any atom is 0.317 e. The number of carbonyl (C=O) groups excluding carboxylic acids is 1. The Hall–Kier alpha value is -1.79. The number of nitrogens with one attached hydrogen (secondary N) is 1. The van der Waals surface area contributed by atoms with Crippen LogP contribution in [0.4, 0.5) is 10.5 Å². The fourth-order valence-corrected chi connectivity index (χ4v) is 4.19. The van der Waals surface area contributed by atoms with E-state index in [-0.39, 0.29) is 12.1 Å². The molecule has 1 N–H and O–H groups in total. The van der Waals surface area contributed by atoms with Gasteiger partial charge < -0.3 is 19.9 Å². The summed E-state index contributed by atoms with van der Waals surface area (Å²) in [6.07, 6.45) is 2.63. The highest BCUT2D eigenvalue weighted by Crippen LogP contribution is 2.24. The smallest absolute Gasteiger partial charge is 0.317 e. The Kier molecular flexibility index (Phi) is 4.81. The van der Waals surface area contributed by atoms with Crippen LogP contribution in [0.25, 0.3) is 0 Å². The van der Waals surface area contributed by atoms with Crippen LogP contribution in [0, 0.1) is 0 Å². The van der Waals surface area contributed by atoms with Gasteiger partial charge >= 0.3 is 6.03 Å². The van der Waals surface area contributed by atoms with Crippen LogP contribution in [-0.4, -0.2) is 74.4 Å². The van der Waals surface area contributed by atoms with Gasteiger partial charge in [-0.05, 0) is 31.0 Å². The number of rotatable bonds is 2. The number of anilines is 1. The molecule has 1 aromatic carbocycles. The molecule has 6 heteroatoms. The van der Waals surface area contributed by atoms with Crippen LogP contribution in [-0.2, 0) is 11.3 Å². The molecule has 2 atom stereocenters. The summed E-state index contributed by atoms with van der Waals surface area (Å²) in [6, 6.07) is 8.93. The van der Waals surface area contributed by atoms with E-state index < -0.39 is 0 Å². The van der Waals surface area contributed by atoms with E-state index in [2.05, 4.69) is 40.4 Å². The van der Waals surface area contributed by atoms with E-state index in [0.29, 0.717) is 19.1 Å². The molecule has 2 saturated heterocycles. The van der Waals surface area contributed by atoms with E-state index in [1.807, 2.05) is 11.0 Å². The Labute approximate surface area is 149 Å². The molecule has 3 aliphatic heterocycles. The molecule has 25 heavy (non-hydrogen) atoms. The third kappa shape index (κ3) is 3.60. The van der Waals surface area contributed by atoms with Crippen LogP contribution in [0.3, 0.4) is 0 Å². The van der Waals surface area contributed by atoms with Crippen LogP contribution in [0.15, 0.2) is 24.3 Å². The molecule has 2 fully saturated rings. The zero-order valence-corrected chi connectivity index (χ0v) is 15.0. The molecule has 0 unspecified atom stereocenters. The van der Waals surface area contributed by atoms with Crippen molar-refractivity contribution in [3.8, 4) is 0 Å². The molecule has 1 aromatic rings. The van der Waals surface area contributed by atoms with Crippen molar-refractivity contribution in [2.24, 2.45) is 0 Å². The number of likely N-dealkylation sites (N-methyl/N-ethyl adjacent to an activating group) is 1. The number of fused-ring (bicyclic) bond motifs is 2. The number of benzene rings is 1. The van der Waals surface area contributed by atoms with E-state index in [1.54, 1.807) is 0 Å². The molecular weight excluding hydrogens is 316 g/mol. The fraction of sp³-hybridized carbons (Fsp3) is 0.632. The Bertz CT molecular complexity index is 623. The van der Waals surface area contributed by atoms with Crippen LogP contribution < -0.4 is 10.2 Å². The minimum atomic E-state index is 0.0113. The van der Waals surface area contributed by atoms with Crippen molar-refractivity contribution in [1.29, 1.82) is 0 Å². The highest BCUT2D eigenvalue weighted by Gasteiger charge is 2.32. The van der Waals surface area contributed by atoms with Crippen molar-refractivity contribution in [3.63, 3.8) is 0 Å². The Morgan fingerprint density at radius 2 is 2.16 bits per heavy atom. The summed E-state index contributed by atoms with van der Waals surface area (Å²) in [5.41, 5.74) is 2.42. The normalized spacial score (nSPS) is 26.8. The second-order valence-electron chi connectivity index (χ2n) is 7.40. The summed E-state index contributed by atoms with van der Waals surface area (Å²) >= 11 is 0. The van der Waals surface area contributed by atoms with Gasteiger partial charge in [0.25, 0.3) is 0 Å². The van der Waals surface area contributed by atoms with Crippen LogP contribution in [0.2, 0.25) is 0 Å². The second kappa shape index (κ2) is 7.22. The average molecular weight is 344 g/mol. The zero-order valence-electron chi connectivity index (χ0n) is 15.0. The lowest BCUT2D eigenvalue weighted by Crippen LogP contribution is -2.51. The lowest BCUT2D eigenvalue weighted by Gasteiger charge is -2.35. The van der Waals surface area contributed by atoms with Crippen molar-refractivity contribution in [3.05, 3.63) is 29.8 Å². The van der Waals surface area contributed by atoms with Gasteiger partial charge in [-0.15, -0.1) is 0 Å². The van der Waals surface area contributed by atoms with E-state index in [0.717, 1.165) is 26.2 Å². The van der Waals surface area contributed by atoms with Gasteiger partial charge in [0.2, 0.25) is 0 Å². The van der Waals surface area contributed by atoms with Gasteiger partial charge in [-0.2, -0.15) is 0 Å². The van der Waals surface area contributed by atoms with Crippen molar-refractivity contribution in [2.45, 2.75) is 31.5 Å². The summed E-state index contributed by atoms with van der Waals surface area (Å²) < 4.78 is 5.94. The van der Waals surface area contributed by atoms with Crippen molar-refractivity contribution >= 4 is 11.7 Å². The fourth-order valence-electron chi connectivity index (χ4n) is 4.19. The molecule has 2 amide bonds. The number of para-hydroxylation sites is 1. The molecule has 0 aliphatic carbocycles. The number of morpholine rings is 1. The van der Waals surface area contributed by atoms with Crippen molar-refractivity contribution in [1.82, 2.24) is 15.1 Å². The molecule has 3 aliphatic rings.